The van der Waals surface area contributed by atoms with Gasteiger partial charge in [0.25, 0.3) is 0 Å². The van der Waals surface area contributed by atoms with Gasteiger partial charge in [0.15, 0.2) is 0 Å². The van der Waals surface area contributed by atoms with Gasteiger partial charge in [-0.3, -0.25) is 4.99 Å². The van der Waals surface area contributed by atoms with Crippen molar-refractivity contribution in [3.8, 4) is 0 Å². The van der Waals surface area contributed by atoms with Crippen LogP contribution in [0.5, 0.6) is 0 Å². The molecule has 0 aromatic heterocycles. The fraction of sp³-hybridized carbons (Fsp3) is 0.562. The first-order chi connectivity index (χ1) is 8.72. The van der Waals surface area contributed by atoms with Crippen LogP contribution in [-0.4, -0.2) is 11.8 Å². The Morgan fingerprint density at radius 2 is 1.94 bits per heavy atom. The molecule has 18 heavy (non-hydrogen) atoms. The van der Waals surface area contributed by atoms with Gasteiger partial charge < -0.3 is 0 Å². The molecule has 0 heterocycles. The molecule has 0 saturated heterocycles. The Morgan fingerprint density at radius 1 is 1.17 bits per heavy atom. The minimum atomic E-state index is 0.318. The minimum absolute atomic E-state index is 0.318. The van der Waals surface area contributed by atoms with Crippen molar-refractivity contribution in [3.05, 3.63) is 34.3 Å². The van der Waals surface area contributed by atoms with Crippen LogP contribution < -0.4 is 0 Å². The van der Waals surface area contributed by atoms with Gasteiger partial charge in [-0.05, 0) is 67.6 Å². The van der Waals surface area contributed by atoms with Crippen LogP contribution in [0.2, 0.25) is 0 Å². The summed E-state index contributed by atoms with van der Waals surface area (Å²) in [5.74, 6) is 2.99. The van der Waals surface area contributed by atoms with Crippen LogP contribution in [0.3, 0.4) is 0 Å². The molecule has 4 aliphatic rings. The number of hydrogen-bond donors (Lipinski definition) is 0. The van der Waals surface area contributed by atoms with Crippen LogP contribution in [0.15, 0.2) is 33.7 Å². The molecule has 2 unspecified atom stereocenters. The van der Waals surface area contributed by atoms with Gasteiger partial charge in [-0.15, -0.1) is 0 Å². The third-order valence-electron chi connectivity index (χ3n) is 5.23. The van der Waals surface area contributed by atoms with Gasteiger partial charge in [0.2, 0.25) is 0 Å². The van der Waals surface area contributed by atoms with E-state index in [2.05, 4.69) is 46.4 Å². The van der Waals surface area contributed by atoms with E-state index in [9.17, 15) is 0 Å². The standard InChI is InChI=1S/C16H18BrN/c17-15-3-1-2-11(6-15)10-18-16-7-12-4-13(8-16)14(5-12)9-16/h1-3,6,10,12-14H,4-5,7-9H2. The Labute approximate surface area is 117 Å². The van der Waals surface area contributed by atoms with Gasteiger partial charge in [0.05, 0.1) is 5.54 Å². The first-order valence-corrected chi connectivity index (χ1v) is 7.83. The summed E-state index contributed by atoms with van der Waals surface area (Å²) >= 11 is 3.52. The van der Waals surface area contributed by atoms with Crippen molar-refractivity contribution < 1.29 is 0 Å². The molecule has 1 aromatic carbocycles. The number of halogens is 1. The normalized spacial score (nSPS) is 41.1. The SMILES string of the molecule is Brc1cccc(C=NC23CC4CC(C2)C(C4)C3)c1. The summed E-state index contributed by atoms with van der Waals surface area (Å²) in [4.78, 5) is 5.02. The average Bonchev–Trinajstić information content (AvgIpc) is 2.75. The zero-order valence-electron chi connectivity index (χ0n) is 10.5. The van der Waals surface area contributed by atoms with Crippen molar-refractivity contribution in [2.75, 3.05) is 0 Å². The third kappa shape index (κ3) is 1.77. The van der Waals surface area contributed by atoms with Gasteiger partial charge in [-0.2, -0.15) is 0 Å². The zero-order valence-corrected chi connectivity index (χ0v) is 12.1. The molecule has 1 aromatic rings. The highest BCUT2D eigenvalue weighted by molar-refractivity contribution is 9.10. The molecular formula is C16H18BrN. The monoisotopic (exact) mass is 303 g/mol. The van der Waals surface area contributed by atoms with E-state index in [1.54, 1.807) is 0 Å². The first kappa shape index (κ1) is 11.2. The van der Waals surface area contributed by atoms with E-state index < -0.39 is 0 Å². The van der Waals surface area contributed by atoms with Crippen molar-refractivity contribution in [1.82, 2.24) is 0 Å². The van der Waals surface area contributed by atoms with Crippen molar-refractivity contribution >= 4 is 22.1 Å². The molecule has 0 amide bonds. The van der Waals surface area contributed by atoms with Crippen molar-refractivity contribution in [1.29, 1.82) is 0 Å². The number of aliphatic imine (C=N–C) groups is 1. The van der Waals surface area contributed by atoms with E-state index in [4.69, 9.17) is 4.99 Å². The molecule has 4 bridgehead atoms. The Hall–Kier alpha value is -0.630. The lowest BCUT2D eigenvalue weighted by atomic mass is 9.76. The van der Waals surface area contributed by atoms with Gasteiger partial charge in [-0.1, -0.05) is 28.1 Å². The highest BCUT2D eigenvalue weighted by atomic mass is 79.9. The zero-order chi connectivity index (χ0) is 12.2. The predicted octanol–water partition coefficient (Wildman–Crippen LogP) is 4.45. The second-order valence-corrected chi connectivity index (χ2v) is 7.42. The second kappa shape index (κ2) is 3.93. The van der Waals surface area contributed by atoms with E-state index in [0.717, 1.165) is 22.2 Å². The van der Waals surface area contributed by atoms with Crippen molar-refractivity contribution in [2.45, 2.75) is 37.6 Å². The van der Waals surface area contributed by atoms with E-state index in [1.807, 2.05) is 0 Å². The lowest BCUT2D eigenvalue weighted by Gasteiger charge is -2.34. The summed E-state index contributed by atoms with van der Waals surface area (Å²) in [5.41, 5.74) is 1.54. The molecule has 0 aliphatic heterocycles. The molecule has 0 radical (unpaired) electrons. The third-order valence-corrected chi connectivity index (χ3v) is 5.72. The van der Waals surface area contributed by atoms with Crippen LogP contribution >= 0.6 is 15.9 Å². The number of rotatable bonds is 2. The van der Waals surface area contributed by atoms with E-state index in [1.165, 1.54) is 37.7 Å². The van der Waals surface area contributed by atoms with Gasteiger partial charge >= 0.3 is 0 Å². The summed E-state index contributed by atoms with van der Waals surface area (Å²) in [7, 11) is 0. The first-order valence-electron chi connectivity index (χ1n) is 7.03. The highest BCUT2D eigenvalue weighted by Gasteiger charge is 2.55. The topological polar surface area (TPSA) is 12.4 Å². The lowest BCUT2D eigenvalue weighted by Crippen LogP contribution is -2.32. The van der Waals surface area contributed by atoms with Crippen LogP contribution in [0, 0.1) is 17.8 Å². The van der Waals surface area contributed by atoms with Crippen LogP contribution in [0.4, 0.5) is 0 Å². The molecule has 4 saturated carbocycles. The largest absolute Gasteiger partial charge is 0.286 e. The molecule has 2 atom stereocenters. The lowest BCUT2D eigenvalue weighted by molar-refractivity contribution is 0.237. The molecule has 2 heteroatoms. The highest BCUT2D eigenvalue weighted by Crippen LogP contribution is 2.61. The summed E-state index contributed by atoms with van der Waals surface area (Å²) in [6, 6.07) is 8.44. The molecule has 0 spiro atoms. The Morgan fingerprint density at radius 3 is 2.61 bits per heavy atom. The maximum atomic E-state index is 5.02. The molecule has 0 N–H and O–H groups in total. The summed E-state index contributed by atoms with van der Waals surface area (Å²) < 4.78 is 1.14. The Bertz CT molecular complexity index is 488. The van der Waals surface area contributed by atoms with Crippen LogP contribution in [0.1, 0.15) is 37.7 Å². The fourth-order valence-electron chi connectivity index (χ4n) is 4.72. The summed E-state index contributed by atoms with van der Waals surface area (Å²) in [6.07, 6.45) is 9.18. The fourth-order valence-corrected chi connectivity index (χ4v) is 5.14. The Balaban J connectivity index is 1.58. The van der Waals surface area contributed by atoms with Crippen LogP contribution in [-0.2, 0) is 0 Å². The van der Waals surface area contributed by atoms with Gasteiger partial charge in [-0.25, -0.2) is 0 Å². The maximum absolute atomic E-state index is 5.02. The molecule has 5 rings (SSSR count). The van der Waals surface area contributed by atoms with Gasteiger partial charge in [0, 0.05) is 10.7 Å². The molecule has 94 valence electrons. The predicted molar refractivity (Wildman–Crippen MR) is 78.0 cm³/mol. The van der Waals surface area contributed by atoms with Crippen molar-refractivity contribution in [2.24, 2.45) is 22.7 Å². The number of hydrogen-bond acceptors (Lipinski definition) is 1. The van der Waals surface area contributed by atoms with Gasteiger partial charge in [0.1, 0.15) is 0 Å². The minimum Gasteiger partial charge on any atom is -0.286 e. The Kier molecular flexibility index (Phi) is 2.45. The number of benzene rings is 1. The summed E-state index contributed by atoms with van der Waals surface area (Å²) in [5, 5.41) is 0. The maximum Gasteiger partial charge on any atom is 0.0616 e. The van der Waals surface area contributed by atoms with Crippen LogP contribution in [0.25, 0.3) is 0 Å². The molecule has 1 nitrogen and oxygen atoms in total. The summed E-state index contributed by atoms with van der Waals surface area (Å²) in [6.45, 7) is 0. The average molecular weight is 304 g/mol. The molecular weight excluding hydrogens is 286 g/mol. The van der Waals surface area contributed by atoms with Crippen molar-refractivity contribution in [3.63, 3.8) is 0 Å². The smallest absolute Gasteiger partial charge is 0.0616 e. The molecule has 4 fully saturated rings. The van der Waals surface area contributed by atoms with E-state index in [-0.39, 0.29) is 0 Å². The molecule has 4 aliphatic carbocycles. The van der Waals surface area contributed by atoms with E-state index in [0.29, 0.717) is 5.54 Å². The second-order valence-electron chi connectivity index (χ2n) is 6.51. The quantitative estimate of drug-likeness (QED) is 0.716. The van der Waals surface area contributed by atoms with E-state index >= 15 is 0 Å². The number of nitrogens with zero attached hydrogens (tertiary/aromatic N) is 1.